The highest BCUT2D eigenvalue weighted by atomic mass is 16.5. The third-order valence-corrected chi connectivity index (χ3v) is 4.13. The number of hydrogen-bond acceptors (Lipinski definition) is 4. The minimum Gasteiger partial charge on any atom is -0.452 e. The van der Waals surface area contributed by atoms with Crippen molar-refractivity contribution in [3.8, 4) is 0 Å². The number of nitrogens with one attached hydrogen (secondary N) is 1. The van der Waals surface area contributed by atoms with Crippen molar-refractivity contribution in [2.45, 2.75) is 38.1 Å². The fourth-order valence-corrected chi connectivity index (χ4v) is 2.91. The van der Waals surface area contributed by atoms with Crippen LogP contribution in [0.1, 0.15) is 42.5 Å². The SMILES string of the molecule is O=C(COC(=O)c1cnc2ccccc2c1)NC1CCCCC1. The smallest absolute Gasteiger partial charge is 0.340 e. The van der Waals surface area contributed by atoms with Crippen molar-refractivity contribution in [1.29, 1.82) is 0 Å². The van der Waals surface area contributed by atoms with E-state index in [4.69, 9.17) is 4.74 Å². The van der Waals surface area contributed by atoms with Gasteiger partial charge in [-0.2, -0.15) is 0 Å². The Morgan fingerprint density at radius 2 is 1.96 bits per heavy atom. The third kappa shape index (κ3) is 4.06. The van der Waals surface area contributed by atoms with E-state index in [0.717, 1.165) is 36.6 Å². The van der Waals surface area contributed by atoms with Crippen molar-refractivity contribution in [1.82, 2.24) is 10.3 Å². The fourth-order valence-electron chi connectivity index (χ4n) is 2.91. The maximum absolute atomic E-state index is 12.0. The van der Waals surface area contributed by atoms with Crippen LogP contribution in [-0.4, -0.2) is 29.5 Å². The molecule has 0 bridgehead atoms. The second-order valence-electron chi connectivity index (χ2n) is 5.90. The number of pyridine rings is 1. The molecular formula is C18H20N2O3. The van der Waals surface area contributed by atoms with Gasteiger partial charge in [0, 0.05) is 17.6 Å². The van der Waals surface area contributed by atoms with Gasteiger partial charge in [-0.25, -0.2) is 4.79 Å². The number of benzene rings is 1. The molecule has 1 aliphatic carbocycles. The number of para-hydroxylation sites is 1. The van der Waals surface area contributed by atoms with Crippen molar-refractivity contribution in [2.24, 2.45) is 0 Å². The van der Waals surface area contributed by atoms with Gasteiger partial charge in [0.25, 0.3) is 5.91 Å². The first-order chi connectivity index (χ1) is 11.2. The molecule has 1 aliphatic rings. The first kappa shape index (κ1) is 15.5. The summed E-state index contributed by atoms with van der Waals surface area (Å²) in [4.78, 5) is 28.1. The van der Waals surface area contributed by atoms with Gasteiger partial charge in [-0.1, -0.05) is 37.5 Å². The Morgan fingerprint density at radius 3 is 2.78 bits per heavy atom. The van der Waals surface area contributed by atoms with E-state index in [1.807, 2.05) is 24.3 Å². The Hall–Kier alpha value is -2.43. The highest BCUT2D eigenvalue weighted by Crippen LogP contribution is 2.17. The molecule has 1 fully saturated rings. The molecule has 0 atom stereocenters. The van der Waals surface area contributed by atoms with Crippen molar-refractivity contribution < 1.29 is 14.3 Å². The Balaban J connectivity index is 1.54. The van der Waals surface area contributed by atoms with Crippen LogP contribution < -0.4 is 5.32 Å². The molecule has 0 spiro atoms. The van der Waals surface area contributed by atoms with Crippen LogP contribution in [0, 0.1) is 0 Å². The summed E-state index contributed by atoms with van der Waals surface area (Å²) < 4.78 is 5.09. The molecule has 2 aromatic rings. The molecule has 0 unspecified atom stereocenters. The molecule has 1 aromatic carbocycles. The molecule has 0 aliphatic heterocycles. The number of rotatable bonds is 4. The van der Waals surface area contributed by atoms with Crippen LogP contribution in [0.3, 0.4) is 0 Å². The van der Waals surface area contributed by atoms with Crippen molar-refractivity contribution in [3.05, 3.63) is 42.1 Å². The number of carbonyl (C=O) groups excluding carboxylic acids is 2. The summed E-state index contributed by atoms with van der Waals surface area (Å²) in [5.41, 5.74) is 1.17. The predicted molar refractivity (Wildman–Crippen MR) is 87.0 cm³/mol. The number of aromatic nitrogens is 1. The summed E-state index contributed by atoms with van der Waals surface area (Å²) in [5.74, 6) is -0.763. The van der Waals surface area contributed by atoms with Gasteiger partial charge in [-0.05, 0) is 25.0 Å². The molecule has 120 valence electrons. The average Bonchev–Trinajstić information content (AvgIpc) is 2.60. The molecule has 1 saturated carbocycles. The quantitative estimate of drug-likeness (QED) is 0.882. The first-order valence-electron chi connectivity index (χ1n) is 8.03. The van der Waals surface area contributed by atoms with Gasteiger partial charge in [-0.3, -0.25) is 9.78 Å². The number of nitrogens with zero attached hydrogens (tertiary/aromatic N) is 1. The number of amides is 1. The molecule has 0 radical (unpaired) electrons. The van der Waals surface area contributed by atoms with Crippen LogP contribution in [0.4, 0.5) is 0 Å². The molecule has 0 saturated heterocycles. The number of ether oxygens (including phenoxy) is 1. The minimum absolute atomic E-state index is 0.220. The zero-order chi connectivity index (χ0) is 16.1. The maximum Gasteiger partial charge on any atom is 0.340 e. The van der Waals surface area contributed by atoms with E-state index in [2.05, 4.69) is 10.3 Å². The summed E-state index contributed by atoms with van der Waals surface area (Å²) >= 11 is 0. The van der Waals surface area contributed by atoms with Gasteiger partial charge >= 0.3 is 5.97 Å². The highest BCUT2D eigenvalue weighted by Gasteiger charge is 2.17. The highest BCUT2D eigenvalue weighted by molar-refractivity contribution is 5.94. The van der Waals surface area contributed by atoms with Crippen LogP contribution >= 0.6 is 0 Å². The Kier molecular flexibility index (Phi) is 4.86. The van der Waals surface area contributed by atoms with E-state index >= 15 is 0 Å². The number of hydrogen-bond donors (Lipinski definition) is 1. The lowest BCUT2D eigenvalue weighted by Crippen LogP contribution is -2.38. The Labute approximate surface area is 135 Å². The maximum atomic E-state index is 12.0. The second-order valence-corrected chi connectivity index (χ2v) is 5.90. The summed E-state index contributed by atoms with van der Waals surface area (Å²) in [7, 11) is 0. The minimum atomic E-state index is -0.526. The Morgan fingerprint density at radius 1 is 1.17 bits per heavy atom. The van der Waals surface area contributed by atoms with Gasteiger partial charge in [0.2, 0.25) is 0 Å². The standard InChI is InChI=1S/C18H20N2O3/c21-17(20-15-7-2-1-3-8-15)12-23-18(22)14-10-13-6-4-5-9-16(13)19-11-14/h4-6,9-11,15H,1-3,7-8,12H2,(H,20,21). The molecule has 1 heterocycles. The largest absolute Gasteiger partial charge is 0.452 e. The van der Waals surface area contributed by atoms with Crippen LogP contribution in [0.2, 0.25) is 0 Å². The van der Waals surface area contributed by atoms with Crippen molar-refractivity contribution in [2.75, 3.05) is 6.61 Å². The molecule has 3 rings (SSSR count). The van der Waals surface area contributed by atoms with Crippen molar-refractivity contribution >= 4 is 22.8 Å². The molecule has 5 nitrogen and oxygen atoms in total. The van der Waals surface area contributed by atoms with Gasteiger partial charge in [0.05, 0.1) is 11.1 Å². The third-order valence-electron chi connectivity index (χ3n) is 4.13. The number of carbonyl (C=O) groups is 2. The molecule has 5 heteroatoms. The van der Waals surface area contributed by atoms with Gasteiger partial charge in [0.1, 0.15) is 0 Å². The predicted octanol–water partition coefficient (Wildman–Crippen LogP) is 2.84. The van der Waals surface area contributed by atoms with Crippen LogP contribution in [0.15, 0.2) is 36.5 Å². The van der Waals surface area contributed by atoms with E-state index in [1.54, 1.807) is 6.07 Å². The van der Waals surface area contributed by atoms with E-state index < -0.39 is 5.97 Å². The molecule has 23 heavy (non-hydrogen) atoms. The summed E-state index contributed by atoms with van der Waals surface area (Å²) in [6.07, 6.45) is 7.02. The van der Waals surface area contributed by atoms with E-state index in [0.29, 0.717) is 5.56 Å². The van der Waals surface area contributed by atoms with Gasteiger partial charge in [0.15, 0.2) is 6.61 Å². The van der Waals surface area contributed by atoms with Crippen LogP contribution in [0.25, 0.3) is 10.9 Å². The molecule has 1 amide bonds. The molecule has 1 aromatic heterocycles. The topological polar surface area (TPSA) is 68.3 Å². The lowest BCUT2D eigenvalue weighted by atomic mass is 9.95. The van der Waals surface area contributed by atoms with E-state index in [-0.39, 0.29) is 18.6 Å². The van der Waals surface area contributed by atoms with Crippen LogP contribution in [-0.2, 0) is 9.53 Å². The first-order valence-corrected chi connectivity index (χ1v) is 8.03. The molecular weight excluding hydrogens is 292 g/mol. The van der Waals surface area contributed by atoms with Gasteiger partial charge in [-0.15, -0.1) is 0 Å². The Bertz CT molecular complexity index is 708. The van der Waals surface area contributed by atoms with Crippen LogP contribution in [0.5, 0.6) is 0 Å². The van der Waals surface area contributed by atoms with Gasteiger partial charge < -0.3 is 10.1 Å². The zero-order valence-electron chi connectivity index (χ0n) is 13.0. The number of fused-ring (bicyclic) bond motifs is 1. The zero-order valence-corrected chi connectivity index (χ0v) is 13.0. The van der Waals surface area contributed by atoms with E-state index in [1.165, 1.54) is 12.6 Å². The normalized spacial score (nSPS) is 15.3. The summed E-state index contributed by atoms with van der Waals surface area (Å²) in [5, 5.41) is 3.79. The fraction of sp³-hybridized carbons (Fsp3) is 0.389. The van der Waals surface area contributed by atoms with Crippen molar-refractivity contribution in [3.63, 3.8) is 0 Å². The average molecular weight is 312 g/mol. The lowest BCUT2D eigenvalue weighted by molar-refractivity contribution is -0.125. The number of esters is 1. The monoisotopic (exact) mass is 312 g/mol. The van der Waals surface area contributed by atoms with E-state index in [9.17, 15) is 9.59 Å². The molecule has 1 N–H and O–H groups in total. The second kappa shape index (κ2) is 7.22. The summed E-state index contributed by atoms with van der Waals surface area (Å²) in [6.45, 7) is -0.248. The lowest BCUT2D eigenvalue weighted by Gasteiger charge is -2.22. The summed E-state index contributed by atoms with van der Waals surface area (Å²) in [6, 6.07) is 9.48.